The molecule has 3 heteroatoms. The standard InChI is InChI=1S/C10H17N3/c1-7(2)4-10(11)9-5-12-8(3)13-6-9/h5-7,10H,4,11H2,1-3H3. The Kier molecular flexibility index (Phi) is 3.37. The molecule has 0 amide bonds. The Labute approximate surface area is 79.4 Å². The highest BCUT2D eigenvalue weighted by Crippen LogP contribution is 2.16. The number of rotatable bonds is 3. The largest absolute Gasteiger partial charge is 0.324 e. The molecule has 0 aliphatic rings. The maximum Gasteiger partial charge on any atom is 0.125 e. The zero-order chi connectivity index (χ0) is 9.84. The third-order valence-electron chi connectivity index (χ3n) is 1.95. The van der Waals surface area contributed by atoms with Crippen molar-refractivity contribution in [3.63, 3.8) is 0 Å². The summed E-state index contributed by atoms with van der Waals surface area (Å²) >= 11 is 0. The van der Waals surface area contributed by atoms with Gasteiger partial charge in [-0.25, -0.2) is 9.97 Å². The number of aromatic nitrogens is 2. The van der Waals surface area contributed by atoms with Crippen LogP contribution < -0.4 is 5.73 Å². The van der Waals surface area contributed by atoms with E-state index in [-0.39, 0.29) is 6.04 Å². The van der Waals surface area contributed by atoms with Gasteiger partial charge in [0.1, 0.15) is 5.82 Å². The Morgan fingerprint density at radius 3 is 2.31 bits per heavy atom. The van der Waals surface area contributed by atoms with Gasteiger partial charge in [-0.15, -0.1) is 0 Å². The van der Waals surface area contributed by atoms with Crippen molar-refractivity contribution in [2.75, 3.05) is 0 Å². The van der Waals surface area contributed by atoms with Gasteiger partial charge >= 0.3 is 0 Å². The molecular formula is C10H17N3. The molecule has 1 heterocycles. The molecule has 3 nitrogen and oxygen atoms in total. The minimum atomic E-state index is 0.0700. The summed E-state index contributed by atoms with van der Waals surface area (Å²) in [6.07, 6.45) is 4.61. The fourth-order valence-corrected chi connectivity index (χ4v) is 1.24. The molecule has 0 aliphatic carbocycles. The Morgan fingerprint density at radius 1 is 1.31 bits per heavy atom. The fourth-order valence-electron chi connectivity index (χ4n) is 1.24. The molecule has 1 atom stereocenters. The van der Waals surface area contributed by atoms with Crippen LogP contribution in [0.25, 0.3) is 0 Å². The second kappa shape index (κ2) is 4.33. The first kappa shape index (κ1) is 10.1. The van der Waals surface area contributed by atoms with E-state index in [4.69, 9.17) is 5.73 Å². The molecule has 0 radical (unpaired) electrons. The first-order valence-electron chi connectivity index (χ1n) is 4.63. The molecule has 13 heavy (non-hydrogen) atoms. The van der Waals surface area contributed by atoms with E-state index in [0.717, 1.165) is 17.8 Å². The molecule has 1 aromatic heterocycles. The second-order valence-electron chi connectivity index (χ2n) is 3.80. The third kappa shape index (κ3) is 3.11. The number of nitrogens with zero attached hydrogens (tertiary/aromatic N) is 2. The predicted molar refractivity (Wildman–Crippen MR) is 53.2 cm³/mol. The molecule has 0 saturated heterocycles. The van der Waals surface area contributed by atoms with Gasteiger partial charge in [-0.05, 0) is 19.3 Å². The molecule has 0 aliphatic heterocycles. The van der Waals surface area contributed by atoms with Gasteiger partial charge in [0.05, 0.1) is 0 Å². The zero-order valence-corrected chi connectivity index (χ0v) is 8.49. The summed E-state index contributed by atoms with van der Waals surface area (Å²) in [5, 5.41) is 0. The molecule has 2 N–H and O–H groups in total. The zero-order valence-electron chi connectivity index (χ0n) is 8.49. The summed E-state index contributed by atoms with van der Waals surface area (Å²) in [4.78, 5) is 8.23. The van der Waals surface area contributed by atoms with E-state index in [0.29, 0.717) is 5.92 Å². The van der Waals surface area contributed by atoms with Crippen LogP contribution in [0.1, 0.15) is 37.7 Å². The Balaban J connectivity index is 2.66. The number of hydrogen-bond acceptors (Lipinski definition) is 3. The summed E-state index contributed by atoms with van der Waals surface area (Å²) in [6, 6.07) is 0.0700. The lowest BCUT2D eigenvalue weighted by Gasteiger charge is -2.13. The highest BCUT2D eigenvalue weighted by atomic mass is 14.9. The SMILES string of the molecule is Cc1ncc(C(N)CC(C)C)cn1. The first-order chi connectivity index (χ1) is 6.09. The molecular weight excluding hydrogens is 162 g/mol. The van der Waals surface area contributed by atoms with E-state index >= 15 is 0 Å². The molecule has 1 aromatic rings. The van der Waals surface area contributed by atoms with E-state index in [2.05, 4.69) is 23.8 Å². The van der Waals surface area contributed by atoms with Gasteiger partial charge in [0, 0.05) is 24.0 Å². The summed E-state index contributed by atoms with van der Waals surface area (Å²) in [5.74, 6) is 1.40. The van der Waals surface area contributed by atoms with Gasteiger partial charge in [0.2, 0.25) is 0 Å². The second-order valence-corrected chi connectivity index (χ2v) is 3.80. The van der Waals surface area contributed by atoms with Crippen LogP contribution in [0.2, 0.25) is 0 Å². The first-order valence-corrected chi connectivity index (χ1v) is 4.63. The quantitative estimate of drug-likeness (QED) is 0.770. The minimum Gasteiger partial charge on any atom is -0.324 e. The van der Waals surface area contributed by atoms with E-state index < -0.39 is 0 Å². The van der Waals surface area contributed by atoms with Crippen molar-refractivity contribution in [2.45, 2.75) is 33.2 Å². The fraction of sp³-hybridized carbons (Fsp3) is 0.600. The molecule has 1 rings (SSSR count). The summed E-state index contributed by atoms with van der Waals surface area (Å²) < 4.78 is 0. The maximum atomic E-state index is 5.97. The summed E-state index contributed by atoms with van der Waals surface area (Å²) in [7, 11) is 0. The van der Waals surface area contributed by atoms with Crippen molar-refractivity contribution >= 4 is 0 Å². The van der Waals surface area contributed by atoms with Crippen molar-refractivity contribution in [1.82, 2.24) is 9.97 Å². The Morgan fingerprint density at radius 2 is 1.85 bits per heavy atom. The van der Waals surface area contributed by atoms with Crippen LogP contribution >= 0.6 is 0 Å². The number of hydrogen-bond donors (Lipinski definition) is 1. The van der Waals surface area contributed by atoms with Gasteiger partial charge in [0.25, 0.3) is 0 Å². The van der Waals surface area contributed by atoms with E-state index in [1.807, 2.05) is 19.3 Å². The predicted octanol–water partition coefficient (Wildman–Crippen LogP) is 1.83. The normalized spacial score (nSPS) is 13.3. The van der Waals surface area contributed by atoms with Crippen LogP contribution in [0.4, 0.5) is 0 Å². The minimum absolute atomic E-state index is 0.0700. The lowest BCUT2D eigenvalue weighted by atomic mass is 10.0. The van der Waals surface area contributed by atoms with Crippen molar-refractivity contribution in [3.8, 4) is 0 Å². The number of nitrogens with two attached hydrogens (primary N) is 1. The Bertz CT molecular complexity index is 253. The third-order valence-corrected chi connectivity index (χ3v) is 1.95. The lowest BCUT2D eigenvalue weighted by molar-refractivity contribution is 0.508. The monoisotopic (exact) mass is 179 g/mol. The highest BCUT2D eigenvalue weighted by Gasteiger charge is 2.08. The van der Waals surface area contributed by atoms with E-state index in [9.17, 15) is 0 Å². The molecule has 0 aromatic carbocycles. The van der Waals surface area contributed by atoms with Crippen molar-refractivity contribution in [2.24, 2.45) is 11.7 Å². The molecule has 0 fully saturated rings. The lowest BCUT2D eigenvalue weighted by Crippen LogP contribution is -2.13. The van der Waals surface area contributed by atoms with Crippen molar-refractivity contribution < 1.29 is 0 Å². The van der Waals surface area contributed by atoms with Crippen LogP contribution in [-0.4, -0.2) is 9.97 Å². The van der Waals surface area contributed by atoms with Crippen LogP contribution in [0.5, 0.6) is 0 Å². The maximum absolute atomic E-state index is 5.97. The van der Waals surface area contributed by atoms with Gasteiger partial charge in [0.15, 0.2) is 0 Å². The average molecular weight is 179 g/mol. The summed E-state index contributed by atoms with van der Waals surface area (Å²) in [6.45, 7) is 6.20. The van der Waals surface area contributed by atoms with Gasteiger partial charge < -0.3 is 5.73 Å². The van der Waals surface area contributed by atoms with Gasteiger partial charge in [-0.1, -0.05) is 13.8 Å². The number of aryl methyl sites for hydroxylation is 1. The Hall–Kier alpha value is -0.960. The molecule has 0 bridgehead atoms. The van der Waals surface area contributed by atoms with Crippen LogP contribution in [0, 0.1) is 12.8 Å². The molecule has 0 saturated carbocycles. The molecule has 1 unspecified atom stereocenters. The van der Waals surface area contributed by atoms with Crippen molar-refractivity contribution in [1.29, 1.82) is 0 Å². The van der Waals surface area contributed by atoms with Crippen LogP contribution in [0.15, 0.2) is 12.4 Å². The smallest absolute Gasteiger partial charge is 0.125 e. The van der Waals surface area contributed by atoms with E-state index in [1.54, 1.807) is 0 Å². The molecule has 72 valence electrons. The van der Waals surface area contributed by atoms with Crippen molar-refractivity contribution in [3.05, 3.63) is 23.8 Å². The average Bonchev–Trinajstić information content (AvgIpc) is 2.04. The molecule has 0 spiro atoms. The summed E-state index contributed by atoms with van der Waals surface area (Å²) in [5.41, 5.74) is 6.99. The highest BCUT2D eigenvalue weighted by molar-refractivity contribution is 5.09. The van der Waals surface area contributed by atoms with Gasteiger partial charge in [-0.2, -0.15) is 0 Å². The van der Waals surface area contributed by atoms with Crippen LogP contribution in [0.3, 0.4) is 0 Å². The topological polar surface area (TPSA) is 51.8 Å². The van der Waals surface area contributed by atoms with Crippen LogP contribution in [-0.2, 0) is 0 Å². The van der Waals surface area contributed by atoms with Gasteiger partial charge in [-0.3, -0.25) is 0 Å². The van der Waals surface area contributed by atoms with E-state index in [1.165, 1.54) is 0 Å².